The molecule has 0 aliphatic carbocycles. The molecule has 4 aromatic rings. The summed E-state index contributed by atoms with van der Waals surface area (Å²) < 4.78 is 40.8. The fraction of sp³-hybridized carbons (Fsp3) is 0.0500. The normalized spacial score (nSPS) is 11.3. The number of carbonyl (C=O) groups excluding carboxylic acids is 1. The third-order valence-corrected chi connectivity index (χ3v) is 4.11. The number of nitrogens with one attached hydrogen (secondary N) is 1. The van der Waals surface area contributed by atoms with Crippen molar-refractivity contribution in [1.82, 2.24) is 24.7 Å². The molecule has 30 heavy (non-hydrogen) atoms. The molecule has 0 spiro atoms. The Kier molecular flexibility index (Phi) is 4.97. The van der Waals surface area contributed by atoms with E-state index in [0.717, 1.165) is 10.7 Å². The number of pyridine rings is 3. The fourth-order valence-corrected chi connectivity index (χ4v) is 2.71. The highest BCUT2D eigenvalue weighted by Gasteiger charge is 2.35. The number of halogens is 3. The maximum absolute atomic E-state index is 13.2. The number of nitrogens with zero attached hydrogens (tertiary/aromatic N) is 5. The van der Waals surface area contributed by atoms with Gasteiger partial charge in [-0.15, -0.1) is 0 Å². The molecule has 0 aliphatic rings. The highest BCUT2D eigenvalue weighted by Crippen LogP contribution is 2.33. The molecule has 1 N–H and O–H groups in total. The Balaban J connectivity index is 1.65. The van der Waals surface area contributed by atoms with Crippen molar-refractivity contribution in [3.63, 3.8) is 0 Å². The van der Waals surface area contributed by atoms with Gasteiger partial charge in [0.15, 0.2) is 5.69 Å². The zero-order valence-electron chi connectivity index (χ0n) is 15.2. The van der Waals surface area contributed by atoms with Gasteiger partial charge in [0, 0.05) is 30.4 Å². The van der Waals surface area contributed by atoms with E-state index in [0.29, 0.717) is 16.8 Å². The van der Waals surface area contributed by atoms with Gasteiger partial charge in [-0.1, -0.05) is 0 Å². The minimum Gasteiger partial charge on any atom is -0.307 e. The molecule has 4 rings (SSSR count). The predicted octanol–water partition coefficient (Wildman–Crippen LogP) is 4.00. The lowest BCUT2D eigenvalue weighted by Gasteiger charge is -2.09. The van der Waals surface area contributed by atoms with Crippen molar-refractivity contribution < 1.29 is 18.0 Å². The van der Waals surface area contributed by atoms with Gasteiger partial charge in [-0.25, -0.2) is 9.67 Å². The highest BCUT2D eigenvalue weighted by atomic mass is 19.4. The quantitative estimate of drug-likeness (QED) is 0.550. The Morgan fingerprint density at radius 3 is 2.33 bits per heavy atom. The standard InChI is InChI=1S/C20H13F3N6O/c21-20(22,23)17-9-16(13-3-1-7-24-10-13)29(28-17)15-5-6-18(26-12-15)27-19(30)14-4-2-8-25-11-14/h1-12H,(H,26,27,30). The van der Waals surface area contributed by atoms with Crippen molar-refractivity contribution in [2.24, 2.45) is 0 Å². The average molecular weight is 410 g/mol. The van der Waals surface area contributed by atoms with Crippen LogP contribution in [0.1, 0.15) is 16.1 Å². The SMILES string of the molecule is O=C(Nc1ccc(-n2nc(C(F)(F)F)cc2-c2cccnc2)cn1)c1cccnc1. The van der Waals surface area contributed by atoms with E-state index in [2.05, 4.69) is 25.4 Å². The second kappa shape index (κ2) is 7.74. The van der Waals surface area contributed by atoms with Crippen LogP contribution in [0.2, 0.25) is 0 Å². The van der Waals surface area contributed by atoms with E-state index in [4.69, 9.17) is 0 Å². The number of aromatic nitrogens is 5. The molecule has 0 aliphatic heterocycles. The van der Waals surface area contributed by atoms with E-state index in [1.54, 1.807) is 30.5 Å². The fourth-order valence-electron chi connectivity index (χ4n) is 2.71. The summed E-state index contributed by atoms with van der Waals surface area (Å²) in [7, 11) is 0. The van der Waals surface area contributed by atoms with Crippen LogP contribution < -0.4 is 5.32 Å². The first-order chi connectivity index (χ1) is 14.4. The van der Waals surface area contributed by atoms with Gasteiger partial charge in [0.1, 0.15) is 5.82 Å². The van der Waals surface area contributed by atoms with Crippen LogP contribution in [0.25, 0.3) is 16.9 Å². The Bertz CT molecular complexity index is 1160. The summed E-state index contributed by atoms with van der Waals surface area (Å²) in [6, 6.07) is 10.4. The molecule has 0 saturated carbocycles. The third-order valence-electron chi connectivity index (χ3n) is 4.11. The summed E-state index contributed by atoms with van der Waals surface area (Å²) in [5.74, 6) is -0.170. The van der Waals surface area contributed by atoms with Crippen molar-refractivity contribution in [2.45, 2.75) is 6.18 Å². The topological polar surface area (TPSA) is 85.6 Å². The Hall–Kier alpha value is -4.08. The Morgan fingerprint density at radius 1 is 0.967 bits per heavy atom. The maximum Gasteiger partial charge on any atom is 0.435 e. The Labute approximate surface area is 168 Å². The van der Waals surface area contributed by atoms with Crippen molar-refractivity contribution in [2.75, 3.05) is 5.32 Å². The monoisotopic (exact) mass is 410 g/mol. The number of anilines is 1. The van der Waals surface area contributed by atoms with Gasteiger partial charge in [-0.2, -0.15) is 18.3 Å². The lowest BCUT2D eigenvalue weighted by molar-refractivity contribution is -0.141. The molecule has 1 amide bonds. The number of amides is 1. The molecule has 0 saturated heterocycles. The molecule has 0 aromatic carbocycles. The molecule has 0 atom stereocenters. The van der Waals surface area contributed by atoms with Gasteiger partial charge in [-0.3, -0.25) is 14.8 Å². The Morgan fingerprint density at radius 2 is 1.73 bits per heavy atom. The summed E-state index contributed by atoms with van der Waals surface area (Å²) in [6.07, 6.45) is 2.65. The lowest BCUT2D eigenvalue weighted by atomic mass is 10.2. The average Bonchev–Trinajstić information content (AvgIpc) is 3.22. The molecule has 7 nitrogen and oxygen atoms in total. The van der Waals surface area contributed by atoms with E-state index in [9.17, 15) is 18.0 Å². The van der Waals surface area contributed by atoms with Crippen LogP contribution in [0, 0.1) is 0 Å². The van der Waals surface area contributed by atoms with E-state index < -0.39 is 17.8 Å². The second-order valence-corrected chi connectivity index (χ2v) is 6.16. The van der Waals surface area contributed by atoms with Crippen LogP contribution in [0.3, 0.4) is 0 Å². The zero-order chi connectivity index (χ0) is 21.1. The van der Waals surface area contributed by atoms with Gasteiger partial charge in [0.05, 0.1) is 23.1 Å². The van der Waals surface area contributed by atoms with Gasteiger partial charge in [-0.05, 0) is 42.5 Å². The maximum atomic E-state index is 13.2. The lowest BCUT2D eigenvalue weighted by Crippen LogP contribution is -2.13. The first-order valence-corrected chi connectivity index (χ1v) is 8.67. The summed E-state index contributed by atoms with van der Waals surface area (Å²) in [5.41, 5.74) is 0.294. The van der Waals surface area contributed by atoms with E-state index in [1.807, 2.05) is 0 Å². The molecular weight excluding hydrogens is 397 g/mol. The van der Waals surface area contributed by atoms with Crippen LogP contribution in [0.4, 0.5) is 19.0 Å². The molecule has 0 radical (unpaired) electrons. The summed E-state index contributed by atoms with van der Waals surface area (Å²) >= 11 is 0. The van der Waals surface area contributed by atoms with Gasteiger partial charge in [0.2, 0.25) is 0 Å². The number of rotatable bonds is 4. The van der Waals surface area contributed by atoms with Crippen LogP contribution in [-0.2, 0) is 6.18 Å². The molecular formula is C20H13F3N6O. The summed E-state index contributed by atoms with van der Waals surface area (Å²) in [4.78, 5) is 24.1. The molecule has 10 heteroatoms. The van der Waals surface area contributed by atoms with Gasteiger partial charge < -0.3 is 5.32 Å². The number of alkyl halides is 3. The number of hydrogen-bond donors (Lipinski definition) is 1. The van der Waals surface area contributed by atoms with Crippen molar-refractivity contribution in [3.8, 4) is 16.9 Å². The van der Waals surface area contributed by atoms with Crippen LogP contribution >= 0.6 is 0 Å². The summed E-state index contributed by atoms with van der Waals surface area (Å²) in [6.45, 7) is 0. The minimum absolute atomic E-state index is 0.212. The first kappa shape index (κ1) is 19.2. The van der Waals surface area contributed by atoms with Gasteiger partial charge in [0.25, 0.3) is 5.91 Å². The van der Waals surface area contributed by atoms with E-state index >= 15 is 0 Å². The molecule has 0 fully saturated rings. The van der Waals surface area contributed by atoms with Crippen molar-refractivity contribution in [1.29, 1.82) is 0 Å². The molecule has 4 aromatic heterocycles. The van der Waals surface area contributed by atoms with Crippen LogP contribution in [-0.4, -0.2) is 30.6 Å². The molecule has 4 heterocycles. The smallest absolute Gasteiger partial charge is 0.307 e. The zero-order valence-corrected chi connectivity index (χ0v) is 15.2. The van der Waals surface area contributed by atoms with Gasteiger partial charge >= 0.3 is 6.18 Å². The van der Waals surface area contributed by atoms with Crippen LogP contribution in [0.15, 0.2) is 73.4 Å². The third kappa shape index (κ3) is 4.02. The highest BCUT2D eigenvalue weighted by molar-refractivity contribution is 6.03. The molecule has 150 valence electrons. The second-order valence-electron chi connectivity index (χ2n) is 6.16. The largest absolute Gasteiger partial charge is 0.435 e. The van der Waals surface area contributed by atoms with Crippen molar-refractivity contribution in [3.05, 3.63) is 84.7 Å². The predicted molar refractivity (Wildman–Crippen MR) is 102 cm³/mol. The first-order valence-electron chi connectivity index (χ1n) is 8.67. The summed E-state index contributed by atoms with van der Waals surface area (Å²) in [5, 5.41) is 6.30. The van der Waals surface area contributed by atoms with Crippen LogP contribution in [0.5, 0.6) is 0 Å². The van der Waals surface area contributed by atoms with E-state index in [-0.39, 0.29) is 11.5 Å². The molecule has 0 bridgehead atoms. The number of hydrogen-bond acceptors (Lipinski definition) is 5. The van der Waals surface area contributed by atoms with E-state index in [1.165, 1.54) is 36.9 Å². The molecule has 0 unspecified atom stereocenters. The minimum atomic E-state index is -4.60. The van der Waals surface area contributed by atoms with Crippen molar-refractivity contribution >= 4 is 11.7 Å². The number of carbonyl (C=O) groups is 1.